The molecule has 19 heavy (non-hydrogen) atoms. The van der Waals surface area contributed by atoms with Gasteiger partial charge in [0.05, 0.1) is 11.0 Å². The van der Waals surface area contributed by atoms with Crippen molar-refractivity contribution >= 4 is 21.9 Å². The van der Waals surface area contributed by atoms with E-state index in [1.54, 1.807) is 12.1 Å². The summed E-state index contributed by atoms with van der Waals surface area (Å²) in [5, 5.41) is 9.03. The molecule has 5 heteroatoms. The van der Waals surface area contributed by atoms with Gasteiger partial charge in [-0.25, -0.2) is 4.39 Å². The summed E-state index contributed by atoms with van der Waals surface area (Å²) >= 11 is 3.15. The van der Waals surface area contributed by atoms with E-state index < -0.39 is 5.97 Å². The van der Waals surface area contributed by atoms with Gasteiger partial charge in [-0.3, -0.25) is 9.69 Å². The van der Waals surface area contributed by atoms with Crippen LogP contribution in [0.25, 0.3) is 0 Å². The maximum atomic E-state index is 13.3. The van der Waals surface area contributed by atoms with Gasteiger partial charge in [-0.05, 0) is 61.3 Å². The molecule has 3 nitrogen and oxygen atoms in total. The predicted octanol–water partition coefficient (Wildman–Crippen LogP) is 3.83. The van der Waals surface area contributed by atoms with E-state index in [1.807, 2.05) is 32.6 Å². The Bertz CT molecular complexity index is 471. The standard InChI is InChI=1S/C14H19BrFNO2/c1-9(10-5-6-12(16)11(15)7-10)17(8-13(18)19)14(2,3)4/h5-7,9H,8H2,1-4H3,(H,18,19). The lowest BCUT2D eigenvalue weighted by Gasteiger charge is -2.39. The number of aliphatic carboxylic acids is 1. The van der Waals surface area contributed by atoms with Crippen molar-refractivity contribution in [2.24, 2.45) is 0 Å². The minimum Gasteiger partial charge on any atom is -0.480 e. The van der Waals surface area contributed by atoms with Gasteiger partial charge < -0.3 is 5.11 Å². The lowest BCUT2D eigenvalue weighted by atomic mass is 9.99. The highest BCUT2D eigenvalue weighted by Crippen LogP contribution is 2.29. The van der Waals surface area contributed by atoms with Crippen LogP contribution in [0.1, 0.15) is 39.3 Å². The Morgan fingerprint density at radius 1 is 1.47 bits per heavy atom. The molecule has 1 aromatic rings. The van der Waals surface area contributed by atoms with E-state index in [0.29, 0.717) is 4.47 Å². The lowest BCUT2D eigenvalue weighted by Crippen LogP contribution is -2.45. The van der Waals surface area contributed by atoms with Gasteiger partial charge in [0.25, 0.3) is 0 Å². The van der Waals surface area contributed by atoms with E-state index in [4.69, 9.17) is 5.11 Å². The molecule has 1 atom stereocenters. The van der Waals surface area contributed by atoms with Gasteiger partial charge >= 0.3 is 5.97 Å². The quantitative estimate of drug-likeness (QED) is 0.911. The highest BCUT2D eigenvalue weighted by molar-refractivity contribution is 9.10. The van der Waals surface area contributed by atoms with Crippen molar-refractivity contribution in [3.63, 3.8) is 0 Å². The van der Waals surface area contributed by atoms with Crippen LogP contribution in [-0.2, 0) is 4.79 Å². The first-order chi connectivity index (χ1) is 8.62. The van der Waals surface area contributed by atoms with E-state index in [-0.39, 0.29) is 23.9 Å². The molecule has 0 bridgehead atoms. The minimum atomic E-state index is -0.872. The Kier molecular flexibility index (Phi) is 5.10. The van der Waals surface area contributed by atoms with Crippen molar-refractivity contribution in [2.45, 2.75) is 39.3 Å². The number of nitrogens with zero attached hydrogens (tertiary/aromatic N) is 1. The summed E-state index contributed by atoms with van der Waals surface area (Å²) in [5.74, 6) is -1.19. The third-order valence-corrected chi connectivity index (χ3v) is 3.67. The first-order valence-electron chi connectivity index (χ1n) is 6.06. The number of halogens is 2. The number of carboxylic acids is 1. The topological polar surface area (TPSA) is 40.5 Å². The van der Waals surface area contributed by atoms with Crippen molar-refractivity contribution in [3.8, 4) is 0 Å². The first-order valence-corrected chi connectivity index (χ1v) is 6.85. The molecule has 0 radical (unpaired) electrons. The molecule has 1 unspecified atom stereocenters. The second-order valence-corrected chi connectivity index (χ2v) is 6.40. The monoisotopic (exact) mass is 331 g/mol. The van der Waals surface area contributed by atoms with Crippen LogP contribution in [0.2, 0.25) is 0 Å². The number of benzene rings is 1. The first kappa shape index (κ1) is 16.1. The second-order valence-electron chi connectivity index (χ2n) is 5.54. The number of carboxylic acid groups (broad SMARTS) is 1. The van der Waals surface area contributed by atoms with Crippen molar-refractivity contribution in [1.82, 2.24) is 4.90 Å². The third kappa shape index (κ3) is 4.28. The Morgan fingerprint density at radius 2 is 2.05 bits per heavy atom. The molecule has 0 fully saturated rings. The molecule has 0 aromatic heterocycles. The highest BCUT2D eigenvalue weighted by atomic mass is 79.9. The molecular weight excluding hydrogens is 313 g/mol. The molecule has 0 aliphatic rings. The average molecular weight is 332 g/mol. The van der Waals surface area contributed by atoms with Crippen LogP contribution in [0.4, 0.5) is 4.39 Å². The van der Waals surface area contributed by atoms with Gasteiger partial charge in [-0.1, -0.05) is 6.07 Å². The summed E-state index contributed by atoms with van der Waals surface area (Å²) in [7, 11) is 0. The van der Waals surface area contributed by atoms with Gasteiger partial charge in [0, 0.05) is 11.6 Å². The SMILES string of the molecule is CC(c1ccc(F)c(Br)c1)N(CC(=O)O)C(C)(C)C. The smallest absolute Gasteiger partial charge is 0.317 e. The van der Waals surface area contributed by atoms with Crippen LogP contribution < -0.4 is 0 Å². The lowest BCUT2D eigenvalue weighted by molar-refractivity contribution is -0.140. The molecule has 1 aromatic carbocycles. The van der Waals surface area contributed by atoms with E-state index in [1.165, 1.54) is 6.07 Å². The van der Waals surface area contributed by atoms with E-state index in [9.17, 15) is 9.18 Å². The van der Waals surface area contributed by atoms with Gasteiger partial charge in [-0.2, -0.15) is 0 Å². The summed E-state index contributed by atoms with van der Waals surface area (Å²) in [5.41, 5.74) is 0.586. The van der Waals surface area contributed by atoms with Crippen LogP contribution in [0, 0.1) is 5.82 Å². The second kappa shape index (κ2) is 6.01. The fourth-order valence-electron chi connectivity index (χ4n) is 2.05. The normalized spacial score (nSPS) is 13.6. The summed E-state index contributed by atoms with van der Waals surface area (Å²) < 4.78 is 13.6. The molecule has 106 valence electrons. The summed E-state index contributed by atoms with van der Waals surface area (Å²) in [6, 6.07) is 4.65. The van der Waals surface area contributed by atoms with Gasteiger partial charge in [0.2, 0.25) is 0 Å². The molecule has 0 aliphatic carbocycles. The van der Waals surface area contributed by atoms with Gasteiger partial charge in [-0.15, -0.1) is 0 Å². The van der Waals surface area contributed by atoms with Crippen molar-refractivity contribution in [1.29, 1.82) is 0 Å². The van der Waals surface area contributed by atoms with Crippen LogP contribution in [0.3, 0.4) is 0 Å². The van der Waals surface area contributed by atoms with Crippen LogP contribution in [0.5, 0.6) is 0 Å². The fraction of sp³-hybridized carbons (Fsp3) is 0.500. The highest BCUT2D eigenvalue weighted by Gasteiger charge is 2.29. The molecule has 0 aliphatic heterocycles. The van der Waals surface area contributed by atoms with Crippen LogP contribution >= 0.6 is 15.9 Å². The molecule has 0 amide bonds. The number of carbonyl (C=O) groups is 1. The maximum Gasteiger partial charge on any atom is 0.317 e. The molecule has 0 saturated carbocycles. The summed E-state index contributed by atoms with van der Waals surface area (Å²) in [6.07, 6.45) is 0. The number of rotatable bonds is 4. The largest absolute Gasteiger partial charge is 0.480 e. The molecular formula is C14H19BrFNO2. The molecule has 1 rings (SSSR count). The Balaban J connectivity index is 3.08. The van der Waals surface area contributed by atoms with E-state index >= 15 is 0 Å². The average Bonchev–Trinajstić information content (AvgIpc) is 2.27. The molecule has 1 N–H and O–H groups in total. The zero-order chi connectivity index (χ0) is 14.8. The predicted molar refractivity (Wildman–Crippen MR) is 76.6 cm³/mol. The van der Waals surface area contributed by atoms with Crippen molar-refractivity contribution in [2.75, 3.05) is 6.54 Å². The van der Waals surface area contributed by atoms with Gasteiger partial charge in [0.15, 0.2) is 0 Å². The fourth-order valence-corrected chi connectivity index (χ4v) is 2.45. The molecule has 0 spiro atoms. The summed E-state index contributed by atoms with van der Waals surface area (Å²) in [4.78, 5) is 12.9. The van der Waals surface area contributed by atoms with Crippen molar-refractivity contribution < 1.29 is 14.3 Å². The Labute approximate surface area is 121 Å². The zero-order valence-corrected chi connectivity index (χ0v) is 13.2. The number of hydrogen-bond acceptors (Lipinski definition) is 2. The minimum absolute atomic E-state index is 0.0559. The van der Waals surface area contributed by atoms with Crippen LogP contribution in [0.15, 0.2) is 22.7 Å². The number of hydrogen-bond donors (Lipinski definition) is 1. The van der Waals surface area contributed by atoms with Gasteiger partial charge in [0.1, 0.15) is 5.82 Å². The van der Waals surface area contributed by atoms with Crippen molar-refractivity contribution in [3.05, 3.63) is 34.1 Å². The summed E-state index contributed by atoms with van der Waals surface area (Å²) in [6.45, 7) is 7.76. The third-order valence-electron chi connectivity index (χ3n) is 3.06. The zero-order valence-electron chi connectivity index (χ0n) is 11.6. The van der Waals surface area contributed by atoms with Crippen LogP contribution in [-0.4, -0.2) is 28.1 Å². The Hall–Kier alpha value is -0.940. The molecule has 0 saturated heterocycles. The van der Waals surface area contributed by atoms with E-state index in [0.717, 1.165) is 5.56 Å². The Morgan fingerprint density at radius 3 is 2.47 bits per heavy atom. The van der Waals surface area contributed by atoms with E-state index in [2.05, 4.69) is 15.9 Å². The molecule has 0 heterocycles. The maximum absolute atomic E-state index is 13.3.